The Kier molecular flexibility index (Phi) is 7.65. The highest BCUT2D eigenvalue weighted by Crippen LogP contribution is 2.29. The van der Waals surface area contributed by atoms with Crippen molar-refractivity contribution in [3.63, 3.8) is 0 Å². The molecule has 0 bridgehead atoms. The van der Waals surface area contributed by atoms with Crippen LogP contribution in [0.1, 0.15) is 31.1 Å². The van der Waals surface area contributed by atoms with Crippen LogP contribution < -0.4 is 15.5 Å². The minimum absolute atomic E-state index is 0.0396. The van der Waals surface area contributed by atoms with Crippen molar-refractivity contribution in [2.24, 2.45) is 0 Å². The molecule has 3 aromatic rings. The monoisotopic (exact) mass is 520 g/mol. The van der Waals surface area contributed by atoms with Gasteiger partial charge in [0.15, 0.2) is 0 Å². The summed E-state index contributed by atoms with van der Waals surface area (Å²) in [4.78, 5) is 52.1. The van der Waals surface area contributed by atoms with Gasteiger partial charge in [0, 0.05) is 62.6 Å². The Morgan fingerprint density at radius 2 is 1.84 bits per heavy atom. The molecular formula is C25H28N8O5. The normalized spacial score (nSPS) is 13.6. The summed E-state index contributed by atoms with van der Waals surface area (Å²) in [7, 11) is 0. The third kappa shape index (κ3) is 6.69. The number of carbonyl (C=O) groups is 2. The molecule has 0 aliphatic carbocycles. The molecule has 13 heteroatoms. The molecule has 1 aliphatic rings. The molecule has 198 valence electrons. The molecule has 4 heterocycles. The Balaban J connectivity index is 1.47. The fourth-order valence-corrected chi connectivity index (χ4v) is 3.70. The third-order valence-electron chi connectivity index (χ3n) is 5.50. The molecule has 0 atom stereocenters. The standard InChI is InChI=1S/C25H28N8O5/c1-25(2,3)38-24(35)32-13-11-31(12-14-32)21-7-6-19(33(36)37)22(30-21)28-18-8-10-27-20(15-18)29-23(34)17-5-4-9-26-16-17/h4-10,15-16H,11-14H2,1-3H3,(H2,27,28,29,30,34). The maximum atomic E-state index is 12.4. The Morgan fingerprint density at radius 3 is 2.50 bits per heavy atom. The number of nitrogens with one attached hydrogen (secondary N) is 2. The molecule has 0 unspecified atom stereocenters. The molecule has 2 N–H and O–H groups in total. The van der Waals surface area contributed by atoms with Gasteiger partial charge in [-0.15, -0.1) is 0 Å². The number of anilines is 4. The van der Waals surface area contributed by atoms with Crippen LogP contribution in [0.4, 0.5) is 33.6 Å². The number of aromatic nitrogens is 3. The van der Waals surface area contributed by atoms with Crippen LogP contribution >= 0.6 is 0 Å². The lowest BCUT2D eigenvalue weighted by Gasteiger charge is -2.36. The topological polar surface area (TPSA) is 156 Å². The van der Waals surface area contributed by atoms with Crippen molar-refractivity contribution >= 4 is 40.8 Å². The zero-order chi connectivity index (χ0) is 27.3. The molecule has 3 aromatic heterocycles. The molecule has 4 rings (SSSR count). The highest BCUT2D eigenvalue weighted by Gasteiger charge is 2.27. The van der Waals surface area contributed by atoms with E-state index in [9.17, 15) is 19.7 Å². The number of ether oxygens (including phenoxy) is 1. The molecule has 1 saturated heterocycles. The highest BCUT2D eigenvalue weighted by atomic mass is 16.6. The van der Waals surface area contributed by atoms with E-state index < -0.39 is 10.5 Å². The summed E-state index contributed by atoms with van der Waals surface area (Å²) in [5.41, 5.74) is 0.0237. The lowest BCUT2D eigenvalue weighted by molar-refractivity contribution is -0.384. The first-order valence-corrected chi connectivity index (χ1v) is 11.9. The van der Waals surface area contributed by atoms with Crippen LogP contribution in [0.15, 0.2) is 55.0 Å². The Labute approximate surface area is 219 Å². The Bertz CT molecular complexity index is 1320. The molecule has 2 amide bonds. The summed E-state index contributed by atoms with van der Waals surface area (Å²) >= 11 is 0. The van der Waals surface area contributed by atoms with E-state index in [0.717, 1.165) is 0 Å². The van der Waals surface area contributed by atoms with E-state index >= 15 is 0 Å². The number of carbonyl (C=O) groups excluding carboxylic acids is 2. The number of hydrogen-bond donors (Lipinski definition) is 2. The van der Waals surface area contributed by atoms with Crippen LogP contribution in [-0.4, -0.2) is 68.6 Å². The van der Waals surface area contributed by atoms with E-state index in [1.807, 2.05) is 25.7 Å². The minimum Gasteiger partial charge on any atom is -0.444 e. The van der Waals surface area contributed by atoms with Crippen LogP contribution in [0.25, 0.3) is 0 Å². The summed E-state index contributed by atoms with van der Waals surface area (Å²) in [5, 5.41) is 17.3. The van der Waals surface area contributed by atoms with Crippen molar-refractivity contribution in [1.29, 1.82) is 0 Å². The average molecular weight is 521 g/mol. The predicted octanol–water partition coefficient (Wildman–Crippen LogP) is 3.83. The number of nitro groups is 1. The third-order valence-corrected chi connectivity index (χ3v) is 5.50. The maximum absolute atomic E-state index is 12.4. The van der Waals surface area contributed by atoms with Crippen molar-refractivity contribution in [2.45, 2.75) is 26.4 Å². The summed E-state index contributed by atoms with van der Waals surface area (Å²) in [6, 6.07) is 9.39. The molecular weight excluding hydrogens is 492 g/mol. The fraction of sp³-hybridized carbons (Fsp3) is 0.320. The Morgan fingerprint density at radius 1 is 1.08 bits per heavy atom. The van der Waals surface area contributed by atoms with E-state index in [1.54, 1.807) is 41.4 Å². The molecule has 1 fully saturated rings. The summed E-state index contributed by atoms with van der Waals surface area (Å²) in [6.07, 6.45) is 4.09. The van der Waals surface area contributed by atoms with Gasteiger partial charge in [-0.1, -0.05) is 0 Å². The molecule has 0 spiro atoms. The van der Waals surface area contributed by atoms with Gasteiger partial charge in [-0.25, -0.2) is 14.8 Å². The lowest BCUT2D eigenvalue weighted by Crippen LogP contribution is -2.50. The second-order valence-electron chi connectivity index (χ2n) is 9.50. The molecule has 13 nitrogen and oxygen atoms in total. The van der Waals surface area contributed by atoms with Crippen LogP contribution in [0.5, 0.6) is 0 Å². The maximum Gasteiger partial charge on any atom is 0.410 e. The zero-order valence-electron chi connectivity index (χ0n) is 21.2. The molecule has 38 heavy (non-hydrogen) atoms. The van der Waals surface area contributed by atoms with Gasteiger partial charge in [0.1, 0.15) is 17.2 Å². The zero-order valence-corrected chi connectivity index (χ0v) is 21.2. The van der Waals surface area contributed by atoms with E-state index in [4.69, 9.17) is 4.74 Å². The fourth-order valence-electron chi connectivity index (χ4n) is 3.70. The summed E-state index contributed by atoms with van der Waals surface area (Å²) in [5.74, 6) is 0.430. The minimum atomic E-state index is -0.580. The second kappa shape index (κ2) is 11.1. The van der Waals surface area contributed by atoms with Crippen LogP contribution in [0.2, 0.25) is 0 Å². The molecule has 0 saturated carbocycles. The van der Waals surface area contributed by atoms with Gasteiger partial charge in [-0.2, -0.15) is 0 Å². The van der Waals surface area contributed by atoms with Gasteiger partial charge in [0.05, 0.1) is 10.5 Å². The van der Waals surface area contributed by atoms with Crippen LogP contribution in [0.3, 0.4) is 0 Å². The first-order chi connectivity index (χ1) is 18.1. The van der Waals surface area contributed by atoms with Gasteiger partial charge in [-0.3, -0.25) is 19.9 Å². The van der Waals surface area contributed by atoms with E-state index in [-0.39, 0.29) is 29.3 Å². The van der Waals surface area contributed by atoms with Crippen molar-refractivity contribution < 1.29 is 19.2 Å². The number of rotatable bonds is 6. The van der Waals surface area contributed by atoms with Gasteiger partial charge in [0.2, 0.25) is 5.82 Å². The first kappa shape index (κ1) is 26.3. The number of piperazine rings is 1. The van der Waals surface area contributed by atoms with Crippen molar-refractivity contribution in [2.75, 3.05) is 41.7 Å². The van der Waals surface area contributed by atoms with Gasteiger partial charge in [0.25, 0.3) is 5.91 Å². The summed E-state index contributed by atoms with van der Waals surface area (Å²) < 4.78 is 5.44. The van der Waals surface area contributed by atoms with E-state index in [2.05, 4.69) is 25.6 Å². The van der Waals surface area contributed by atoms with Gasteiger partial charge >= 0.3 is 11.8 Å². The predicted molar refractivity (Wildman–Crippen MR) is 141 cm³/mol. The molecule has 0 aromatic carbocycles. The van der Waals surface area contributed by atoms with Crippen LogP contribution in [-0.2, 0) is 4.74 Å². The largest absolute Gasteiger partial charge is 0.444 e. The summed E-state index contributed by atoms with van der Waals surface area (Å²) in [6.45, 7) is 7.29. The highest BCUT2D eigenvalue weighted by molar-refractivity contribution is 6.03. The van der Waals surface area contributed by atoms with Gasteiger partial charge in [-0.05, 0) is 45.0 Å². The average Bonchev–Trinajstić information content (AvgIpc) is 2.88. The number of amides is 2. The SMILES string of the molecule is CC(C)(C)OC(=O)N1CCN(c2ccc([N+](=O)[O-])c(Nc3ccnc(NC(=O)c4cccnc4)c3)n2)CC1. The second-order valence-corrected chi connectivity index (χ2v) is 9.50. The van der Waals surface area contributed by atoms with Crippen LogP contribution in [0, 0.1) is 10.1 Å². The van der Waals surface area contributed by atoms with Crippen molar-refractivity contribution in [1.82, 2.24) is 19.9 Å². The number of nitrogens with zero attached hydrogens (tertiary/aromatic N) is 6. The number of pyridine rings is 3. The number of hydrogen-bond acceptors (Lipinski definition) is 10. The lowest BCUT2D eigenvalue weighted by atomic mass is 10.2. The molecule has 0 radical (unpaired) electrons. The first-order valence-electron chi connectivity index (χ1n) is 11.9. The Hall–Kier alpha value is -4.81. The van der Waals surface area contributed by atoms with E-state index in [0.29, 0.717) is 43.2 Å². The quantitative estimate of drug-likeness (QED) is 0.362. The van der Waals surface area contributed by atoms with Crippen molar-refractivity contribution in [3.8, 4) is 0 Å². The smallest absolute Gasteiger partial charge is 0.410 e. The van der Waals surface area contributed by atoms with Crippen molar-refractivity contribution in [3.05, 3.63) is 70.7 Å². The van der Waals surface area contributed by atoms with Gasteiger partial charge < -0.3 is 25.2 Å². The molecule has 1 aliphatic heterocycles. The van der Waals surface area contributed by atoms with E-state index in [1.165, 1.54) is 18.5 Å².